The molecule has 1 aromatic carbocycles. The summed E-state index contributed by atoms with van der Waals surface area (Å²) >= 11 is 0. The number of nitrogens with zero attached hydrogens (tertiary/aromatic N) is 1. The molecule has 12 nitrogen and oxygen atoms in total. The summed E-state index contributed by atoms with van der Waals surface area (Å²) in [6.07, 6.45) is -5.86. The van der Waals surface area contributed by atoms with Crippen LogP contribution in [0.5, 0.6) is 0 Å². The minimum Gasteiger partial charge on any atom is -0.471 e. The molecule has 1 aromatic heterocycles. The highest BCUT2D eigenvalue weighted by Crippen LogP contribution is 2.51. The molecule has 6 N–H and O–H groups in total. The molecule has 0 saturated carbocycles. The maximum atomic E-state index is 12.8. The Kier molecular flexibility index (Phi) is 7.14. The lowest BCUT2D eigenvalue weighted by molar-refractivity contribution is -0.346. The summed E-state index contributed by atoms with van der Waals surface area (Å²) in [5.74, 6) is -1.55. The third kappa shape index (κ3) is 4.26. The average molecular weight is 547 g/mol. The lowest BCUT2D eigenvalue weighted by atomic mass is 9.70. The number of methoxy groups -OCH3 is 1. The molecule has 0 aliphatic carbocycles. The summed E-state index contributed by atoms with van der Waals surface area (Å²) in [4.78, 5) is 18.6. The quantitative estimate of drug-likeness (QED) is 0.262. The van der Waals surface area contributed by atoms with Gasteiger partial charge in [0.05, 0.1) is 38.2 Å². The predicted octanol–water partition coefficient (Wildman–Crippen LogP) is -0.706. The van der Waals surface area contributed by atoms with Gasteiger partial charge in [0.15, 0.2) is 6.29 Å². The number of aromatic amines is 1. The first-order chi connectivity index (χ1) is 18.9. The van der Waals surface area contributed by atoms with Gasteiger partial charge in [-0.05, 0) is 24.5 Å². The Morgan fingerprint density at radius 1 is 1.10 bits per heavy atom. The second-order valence-corrected chi connectivity index (χ2v) is 10.6. The van der Waals surface area contributed by atoms with E-state index < -0.39 is 67.4 Å². The van der Waals surface area contributed by atoms with Gasteiger partial charge in [-0.3, -0.25) is 4.90 Å². The van der Waals surface area contributed by atoms with Gasteiger partial charge in [0.1, 0.15) is 24.4 Å². The van der Waals surface area contributed by atoms with Crippen LogP contribution in [0.25, 0.3) is 10.9 Å². The highest BCUT2D eigenvalue weighted by atomic mass is 16.8. The summed E-state index contributed by atoms with van der Waals surface area (Å²) < 4.78 is 22.5. The smallest absolute Gasteiger partial charge is 0.337 e. The molecular formula is C27H34N2O10. The number of carbonyl (C=O) groups excluding carboxylic acids is 1. The van der Waals surface area contributed by atoms with Crippen molar-refractivity contribution >= 4 is 16.9 Å². The van der Waals surface area contributed by atoms with Crippen molar-refractivity contribution in [2.45, 2.75) is 61.9 Å². The van der Waals surface area contributed by atoms with E-state index in [9.17, 15) is 30.3 Å². The standard InChI is InChI=1S/C27H34N2O10/c1-36-25(35)15-11-37-26(39-27-24(34)23(33)22(32)19(10-31)38-27)20-14(15)8-17-21-13(6-7-29(17)18(20)9-30)12-4-2-3-5-16(12)28-21/h2-5,11,14,17-20,22-24,26-28,30-34H,6-10H2,1H3/t14-,17-,18+,19+,20+,22+,23-,24+,26+,27-/m1/s1. The number of benzene rings is 1. The van der Waals surface area contributed by atoms with Gasteiger partial charge in [0, 0.05) is 41.0 Å². The van der Waals surface area contributed by atoms with Crippen molar-refractivity contribution in [3.63, 3.8) is 0 Å². The van der Waals surface area contributed by atoms with Crippen molar-refractivity contribution < 1.29 is 49.3 Å². The lowest BCUT2D eigenvalue weighted by Crippen LogP contribution is -2.63. The number of esters is 1. The fraction of sp³-hybridized carbons (Fsp3) is 0.593. The van der Waals surface area contributed by atoms with E-state index in [2.05, 4.69) is 16.0 Å². The molecule has 12 heteroatoms. The number of H-pyrrole nitrogens is 1. The number of rotatable bonds is 5. The Labute approximate surface area is 224 Å². The largest absolute Gasteiger partial charge is 0.471 e. The van der Waals surface area contributed by atoms with Gasteiger partial charge in [-0.2, -0.15) is 0 Å². The van der Waals surface area contributed by atoms with Crippen molar-refractivity contribution in [3.8, 4) is 0 Å². The molecule has 39 heavy (non-hydrogen) atoms. The molecule has 0 radical (unpaired) electrons. The van der Waals surface area contributed by atoms with E-state index >= 15 is 0 Å². The zero-order valence-electron chi connectivity index (χ0n) is 21.4. The number of aliphatic hydroxyl groups is 5. The highest BCUT2D eigenvalue weighted by molar-refractivity contribution is 5.89. The molecule has 6 rings (SSSR count). The van der Waals surface area contributed by atoms with Gasteiger partial charge in [-0.25, -0.2) is 4.79 Å². The van der Waals surface area contributed by atoms with Crippen molar-refractivity contribution in [1.29, 1.82) is 0 Å². The topological polar surface area (TPSA) is 174 Å². The summed E-state index contributed by atoms with van der Waals surface area (Å²) in [6.45, 7) is -0.187. The third-order valence-electron chi connectivity index (χ3n) is 8.78. The van der Waals surface area contributed by atoms with Crippen LogP contribution in [-0.2, 0) is 30.2 Å². The number of carbonyl (C=O) groups is 1. The van der Waals surface area contributed by atoms with Crippen LogP contribution in [0.3, 0.4) is 0 Å². The maximum Gasteiger partial charge on any atom is 0.337 e. The number of aliphatic hydroxyl groups excluding tert-OH is 5. The van der Waals surface area contributed by atoms with E-state index in [0.29, 0.717) is 18.5 Å². The number of piperidine rings is 1. The number of fused-ring (bicyclic) bond motifs is 6. The monoisotopic (exact) mass is 546 g/mol. The van der Waals surface area contributed by atoms with Gasteiger partial charge in [0.2, 0.25) is 6.29 Å². The molecule has 2 fully saturated rings. The maximum absolute atomic E-state index is 12.8. The fourth-order valence-corrected chi connectivity index (χ4v) is 6.88. The summed E-state index contributed by atoms with van der Waals surface area (Å²) in [5, 5.41) is 52.4. The molecule has 4 aliphatic rings. The van der Waals surface area contributed by atoms with Crippen LogP contribution < -0.4 is 0 Å². The third-order valence-corrected chi connectivity index (χ3v) is 8.78. The molecule has 212 valence electrons. The van der Waals surface area contributed by atoms with Gasteiger partial charge < -0.3 is 49.5 Å². The van der Waals surface area contributed by atoms with Gasteiger partial charge in [-0.1, -0.05) is 18.2 Å². The number of hydrogen-bond acceptors (Lipinski definition) is 11. The molecule has 2 aromatic rings. The molecule has 0 amide bonds. The summed E-state index contributed by atoms with van der Waals surface area (Å²) in [5.41, 5.74) is 3.64. The van der Waals surface area contributed by atoms with E-state index in [4.69, 9.17) is 18.9 Å². The normalized spacial score (nSPS) is 38.3. The predicted molar refractivity (Wildman–Crippen MR) is 134 cm³/mol. The average Bonchev–Trinajstić information content (AvgIpc) is 3.35. The minimum absolute atomic E-state index is 0.112. The van der Waals surface area contributed by atoms with Crippen molar-refractivity contribution in [2.75, 3.05) is 26.9 Å². The van der Waals surface area contributed by atoms with E-state index in [1.54, 1.807) is 0 Å². The molecule has 10 atom stereocenters. The van der Waals surface area contributed by atoms with E-state index in [0.717, 1.165) is 23.0 Å². The molecule has 0 spiro atoms. The molecule has 5 heterocycles. The Morgan fingerprint density at radius 3 is 2.64 bits per heavy atom. The minimum atomic E-state index is -1.62. The van der Waals surface area contributed by atoms with Crippen molar-refractivity contribution in [3.05, 3.63) is 47.4 Å². The second-order valence-electron chi connectivity index (χ2n) is 10.6. The number of aromatic nitrogens is 1. The lowest BCUT2D eigenvalue weighted by Gasteiger charge is -2.54. The van der Waals surface area contributed by atoms with E-state index in [1.807, 2.05) is 18.2 Å². The van der Waals surface area contributed by atoms with Crippen molar-refractivity contribution in [1.82, 2.24) is 9.88 Å². The second kappa shape index (κ2) is 10.5. The van der Waals surface area contributed by atoms with Gasteiger partial charge in [0.25, 0.3) is 0 Å². The summed E-state index contributed by atoms with van der Waals surface area (Å²) in [6, 6.07) is 7.51. The zero-order valence-corrected chi connectivity index (χ0v) is 21.4. The van der Waals surface area contributed by atoms with Crippen LogP contribution in [-0.4, -0.2) is 111 Å². The zero-order chi connectivity index (χ0) is 27.4. The Balaban J connectivity index is 1.35. The first-order valence-corrected chi connectivity index (χ1v) is 13.2. The Morgan fingerprint density at radius 2 is 1.90 bits per heavy atom. The van der Waals surface area contributed by atoms with Crippen LogP contribution in [0.1, 0.15) is 23.7 Å². The Bertz CT molecular complexity index is 1250. The first-order valence-electron chi connectivity index (χ1n) is 13.2. The fourth-order valence-electron chi connectivity index (χ4n) is 6.88. The van der Waals surface area contributed by atoms with Gasteiger partial charge in [-0.15, -0.1) is 0 Å². The Hall–Kier alpha value is -2.55. The molecule has 2 saturated heterocycles. The summed E-state index contributed by atoms with van der Waals surface area (Å²) in [7, 11) is 1.30. The molecule has 0 unspecified atom stereocenters. The molecule has 4 aliphatic heterocycles. The first kappa shape index (κ1) is 26.7. The van der Waals surface area contributed by atoms with E-state index in [1.165, 1.54) is 18.9 Å². The van der Waals surface area contributed by atoms with Gasteiger partial charge >= 0.3 is 5.97 Å². The number of nitrogens with one attached hydrogen (secondary N) is 1. The molecular weight excluding hydrogens is 512 g/mol. The van der Waals surface area contributed by atoms with Crippen LogP contribution >= 0.6 is 0 Å². The highest BCUT2D eigenvalue weighted by Gasteiger charge is 2.55. The van der Waals surface area contributed by atoms with Crippen LogP contribution in [0.4, 0.5) is 0 Å². The van der Waals surface area contributed by atoms with Crippen molar-refractivity contribution in [2.24, 2.45) is 11.8 Å². The van der Waals surface area contributed by atoms with Crippen LogP contribution in [0, 0.1) is 11.8 Å². The number of ether oxygens (including phenoxy) is 4. The number of hydrogen-bond donors (Lipinski definition) is 6. The SMILES string of the molecule is COC(=O)C1=CO[C@@H](O[C@H]2O[C@@H](CO)[C@H](O)[C@@H](O)[C@@H]2O)[C@H]2[C@@H]1C[C@@H]1c3[nH]c4ccccc4c3CCN1[C@H]2CO. The molecule has 0 bridgehead atoms. The van der Waals surface area contributed by atoms with E-state index in [-0.39, 0.29) is 12.6 Å². The number of para-hydroxylation sites is 1. The van der Waals surface area contributed by atoms with Crippen LogP contribution in [0.15, 0.2) is 36.1 Å². The van der Waals surface area contributed by atoms with Crippen LogP contribution in [0.2, 0.25) is 0 Å².